The van der Waals surface area contributed by atoms with E-state index in [9.17, 15) is 9.90 Å². The van der Waals surface area contributed by atoms with Gasteiger partial charge in [-0.05, 0) is 39.0 Å². The van der Waals surface area contributed by atoms with Crippen molar-refractivity contribution < 1.29 is 9.90 Å². The van der Waals surface area contributed by atoms with Crippen LogP contribution in [0.25, 0.3) is 0 Å². The highest BCUT2D eigenvalue weighted by Crippen LogP contribution is 2.21. The molecule has 94 valence electrons. The number of aliphatic hydroxyl groups is 1. The van der Waals surface area contributed by atoms with E-state index < -0.39 is 5.60 Å². The Bertz CT molecular complexity index is 231. The van der Waals surface area contributed by atoms with Crippen LogP contribution in [0.1, 0.15) is 45.4 Å². The second-order valence-electron chi connectivity index (χ2n) is 4.88. The zero-order valence-electron chi connectivity index (χ0n) is 10.0. The van der Waals surface area contributed by atoms with Crippen LogP contribution in [0.2, 0.25) is 0 Å². The molecule has 1 aliphatic heterocycles. The van der Waals surface area contributed by atoms with Crippen LogP contribution in [-0.4, -0.2) is 40.5 Å². The Balaban J connectivity index is 2.33. The van der Waals surface area contributed by atoms with Crippen LogP contribution in [0, 0.1) is 0 Å². The fourth-order valence-corrected chi connectivity index (χ4v) is 2.23. The van der Waals surface area contributed by atoms with Gasteiger partial charge in [-0.2, -0.15) is 0 Å². The molecule has 0 radical (unpaired) electrons. The third-order valence-corrected chi connectivity index (χ3v) is 3.46. The van der Waals surface area contributed by atoms with Gasteiger partial charge in [-0.25, -0.2) is 0 Å². The van der Waals surface area contributed by atoms with Gasteiger partial charge in [-0.3, -0.25) is 4.79 Å². The lowest BCUT2D eigenvalue weighted by atomic mass is 9.98. The molecule has 1 aliphatic rings. The van der Waals surface area contributed by atoms with E-state index in [1.54, 1.807) is 0 Å². The Morgan fingerprint density at radius 3 is 2.81 bits per heavy atom. The summed E-state index contributed by atoms with van der Waals surface area (Å²) in [4.78, 5) is 13.7. The van der Waals surface area contributed by atoms with Gasteiger partial charge in [0.2, 0.25) is 5.91 Å². The third kappa shape index (κ3) is 4.71. The van der Waals surface area contributed by atoms with Gasteiger partial charge in [0.1, 0.15) is 0 Å². The first-order valence-electron chi connectivity index (χ1n) is 6.11. The molecule has 1 unspecified atom stereocenters. The van der Waals surface area contributed by atoms with Crippen molar-refractivity contribution in [3.63, 3.8) is 0 Å². The molecule has 1 atom stereocenters. The fourth-order valence-electron chi connectivity index (χ4n) is 2.04. The summed E-state index contributed by atoms with van der Waals surface area (Å²) in [5, 5.41) is 9.91. The molecule has 3 nitrogen and oxygen atoms in total. The molecular formula is C12H22ClNO2. The van der Waals surface area contributed by atoms with Crippen LogP contribution in [-0.2, 0) is 4.79 Å². The second-order valence-corrected chi connectivity index (χ2v) is 5.26. The van der Waals surface area contributed by atoms with Crippen LogP contribution in [0.5, 0.6) is 0 Å². The molecule has 0 aliphatic carbocycles. The van der Waals surface area contributed by atoms with Gasteiger partial charge in [-0.1, -0.05) is 0 Å². The summed E-state index contributed by atoms with van der Waals surface area (Å²) >= 11 is 5.58. The van der Waals surface area contributed by atoms with Crippen LogP contribution in [0.4, 0.5) is 0 Å². The molecule has 0 aromatic heterocycles. The summed E-state index contributed by atoms with van der Waals surface area (Å²) in [6.07, 6.45) is 4.74. The number of hydrogen-bond donors (Lipinski definition) is 1. The Labute approximate surface area is 103 Å². The predicted octanol–water partition coefficient (Wildman–Crippen LogP) is 2.16. The Morgan fingerprint density at radius 1 is 1.38 bits per heavy atom. The highest BCUT2D eigenvalue weighted by molar-refractivity contribution is 6.17. The number of unbranched alkanes of at least 4 members (excludes halogenated alkanes) is 1. The van der Waals surface area contributed by atoms with Gasteiger partial charge in [0, 0.05) is 25.4 Å². The number of amides is 1. The maximum absolute atomic E-state index is 11.8. The van der Waals surface area contributed by atoms with Gasteiger partial charge in [0.05, 0.1) is 5.60 Å². The van der Waals surface area contributed by atoms with Gasteiger partial charge in [0.25, 0.3) is 0 Å². The highest BCUT2D eigenvalue weighted by atomic mass is 35.5. The second kappa shape index (κ2) is 6.45. The molecule has 1 N–H and O–H groups in total. The molecule has 0 bridgehead atoms. The van der Waals surface area contributed by atoms with E-state index in [2.05, 4.69) is 0 Å². The molecule has 0 saturated carbocycles. The summed E-state index contributed by atoms with van der Waals surface area (Å²) in [5.74, 6) is 0.838. The molecule has 1 rings (SSSR count). The van der Waals surface area contributed by atoms with E-state index in [1.807, 2.05) is 11.8 Å². The fraction of sp³-hybridized carbons (Fsp3) is 0.917. The highest BCUT2D eigenvalue weighted by Gasteiger charge is 2.26. The summed E-state index contributed by atoms with van der Waals surface area (Å²) in [7, 11) is 0. The minimum Gasteiger partial charge on any atom is -0.390 e. The summed E-state index contributed by atoms with van der Waals surface area (Å²) < 4.78 is 0. The van der Waals surface area contributed by atoms with Crippen LogP contribution < -0.4 is 0 Å². The molecule has 0 spiro atoms. The van der Waals surface area contributed by atoms with Gasteiger partial charge in [-0.15, -0.1) is 11.6 Å². The maximum Gasteiger partial charge on any atom is 0.222 e. The van der Waals surface area contributed by atoms with Crippen molar-refractivity contribution in [1.82, 2.24) is 4.90 Å². The number of carbonyl (C=O) groups excluding carboxylic acids is 1. The summed E-state index contributed by atoms with van der Waals surface area (Å²) in [6.45, 7) is 3.33. The van der Waals surface area contributed by atoms with Crippen molar-refractivity contribution in [3.8, 4) is 0 Å². The molecule has 0 aromatic rings. The molecule has 1 saturated heterocycles. The lowest BCUT2D eigenvalue weighted by Gasteiger charge is -2.22. The van der Waals surface area contributed by atoms with Gasteiger partial charge in [0.15, 0.2) is 0 Å². The number of halogens is 1. The molecule has 16 heavy (non-hydrogen) atoms. The monoisotopic (exact) mass is 247 g/mol. The smallest absolute Gasteiger partial charge is 0.222 e. The first-order chi connectivity index (χ1) is 7.55. The van der Waals surface area contributed by atoms with Crippen molar-refractivity contribution in [2.45, 2.75) is 51.0 Å². The molecule has 1 amide bonds. The number of nitrogens with zero attached hydrogens (tertiary/aromatic N) is 1. The normalized spacial score (nSPS) is 26.6. The van der Waals surface area contributed by atoms with E-state index in [1.165, 1.54) is 0 Å². The van der Waals surface area contributed by atoms with Crippen LogP contribution in [0.3, 0.4) is 0 Å². The molecule has 0 aromatic carbocycles. The van der Waals surface area contributed by atoms with Crippen molar-refractivity contribution >= 4 is 17.5 Å². The predicted molar refractivity (Wildman–Crippen MR) is 65.6 cm³/mol. The first-order valence-corrected chi connectivity index (χ1v) is 6.65. The maximum atomic E-state index is 11.8. The van der Waals surface area contributed by atoms with E-state index >= 15 is 0 Å². The summed E-state index contributed by atoms with van der Waals surface area (Å²) in [5.41, 5.74) is -0.592. The number of likely N-dealkylation sites (tertiary alicyclic amines) is 1. The van der Waals surface area contributed by atoms with E-state index in [0.717, 1.165) is 32.2 Å². The zero-order chi connectivity index (χ0) is 12.0. The number of rotatable bonds is 4. The SMILES string of the molecule is CC1(O)CCCN(C(=O)CCCCCl)CC1. The van der Waals surface area contributed by atoms with Crippen LogP contribution in [0.15, 0.2) is 0 Å². The van der Waals surface area contributed by atoms with Crippen molar-refractivity contribution in [1.29, 1.82) is 0 Å². The Kier molecular flexibility index (Phi) is 5.56. The zero-order valence-corrected chi connectivity index (χ0v) is 10.8. The largest absolute Gasteiger partial charge is 0.390 e. The van der Waals surface area contributed by atoms with Crippen molar-refractivity contribution in [2.24, 2.45) is 0 Å². The van der Waals surface area contributed by atoms with Crippen molar-refractivity contribution in [3.05, 3.63) is 0 Å². The van der Waals surface area contributed by atoms with Gasteiger partial charge >= 0.3 is 0 Å². The molecule has 1 fully saturated rings. The average Bonchev–Trinajstić information content (AvgIpc) is 2.39. The average molecular weight is 248 g/mol. The molecule has 1 heterocycles. The van der Waals surface area contributed by atoms with E-state index in [4.69, 9.17) is 11.6 Å². The standard InChI is InChI=1S/C12H22ClNO2/c1-12(16)6-4-9-14(10-7-12)11(15)5-2-3-8-13/h16H,2-10H2,1H3. The minimum atomic E-state index is -0.592. The first kappa shape index (κ1) is 13.8. The lowest BCUT2D eigenvalue weighted by Crippen LogP contribution is -2.33. The summed E-state index contributed by atoms with van der Waals surface area (Å²) in [6, 6.07) is 0. The molecular weight excluding hydrogens is 226 g/mol. The van der Waals surface area contributed by atoms with E-state index in [0.29, 0.717) is 25.3 Å². The molecule has 4 heteroatoms. The van der Waals surface area contributed by atoms with Gasteiger partial charge < -0.3 is 10.0 Å². The Morgan fingerprint density at radius 2 is 2.12 bits per heavy atom. The lowest BCUT2D eigenvalue weighted by molar-refractivity contribution is -0.131. The van der Waals surface area contributed by atoms with Crippen molar-refractivity contribution in [2.75, 3.05) is 19.0 Å². The quantitative estimate of drug-likeness (QED) is 0.611. The topological polar surface area (TPSA) is 40.5 Å². The van der Waals surface area contributed by atoms with E-state index in [-0.39, 0.29) is 5.91 Å². The minimum absolute atomic E-state index is 0.211. The number of hydrogen-bond acceptors (Lipinski definition) is 2. The number of alkyl halides is 1. The Hall–Kier alpha value is -0.280. The number of carbonyl (C=O) groups is 1. The van der Waals surface area contributed by atoms with Crippen LogP contribution >= 0.6 is 11.6 Å². The third-order valence-electron chi connectivity index (χ3n) is 3.19.